The van der Waals surface area contributed by atoms with Crippen LogP contribution in [0.1, 0.15) is 0 Å². The second kappa shape index (κ2) is 4.02. The van der Waals surface area contributed by atoms with Crippen molar-refractivity contribution >= 4 is 33.2 Å². The van der Waals surface area contributed by atoms with Gasteiger partial charge in [-0.1, -0.05) is 23.7 Å². The van der Waals surface area contributed by atoms with E-state index in [0.717, 1.165) is 21.3 Å². The van der Waals surface area contributed by atoms with Gasteiger partial charge in [0.1, 0.15) is 5.75 Å². The van der Waals surface area contributed by atoms with Crippen molar-refractivity contribution in [3.05, 3.63) is 47.5 Å². The summed E-state index contributed by atoms with van der Waals surface area (Å²) in [6.45, 7) is 0. The maximum Gasteiger partial charge on any atom is 0.117 e. The van der Waals surface area contributed by atoms with E-state index in [9.17, 15) is 5.11 Å². The molecule has 0 saturated carbocycles. The molecule has 0 bridgehead atoms. The SMILES string of the molecule is Oc1ccc2c(-c3ccc(Cl)cc3)nsc2c1. The first kappa shape index (κ1) is 10.6. The van der Waals surface area contributed by atoms with Crippen molar-refractivity contribution in [2.75, 3.05) is 0 Å². The van der Waals surface area contributed by atoms with Gasteiger partial charge in [0.05, 0.1) is 10.4 Å². The highest BCUT2D eigenvalue weighted by Gasteiger charge is 2.08. The number of fused-ring (bicyclic) bond motifs is 1. The second-order valence-electron chi connectivity index (χ2n) is 3.72. The number of benzene rings is 2. The number of hydrogen-bond donors (Lipinski definition) is 1. The topological polar surface area (TPSA) is 33.1 Å². The Bertz CT molecular complexity index is 675. The minimum absolute atomic E-state index is 0.267. The van der Waals surface area contributed by atoms with Gasteiger partial charge in [0.15, 0.2) is 0 Å². The molecule has 0 radical (unpaired) electrons. The van der Waals surface area contributed by atoms with Crippen LogP contribution in [-0.2, 0) is 0 Å². The number of halogens is 1. The molecule has 1 heterocycles. The van der Waals surface area contributed by atoms with Crippen molar-refractivity contribution < 1.29 is 5.11 Å². The number of phenols is 1. The van der Waals surface area contributed by atoms with Crippen molar-refractivity contribution in [1.82, 2.24) is 4.37 Å². The van der Waals surface area contributed by atoms with Crippen molar-refractivity contribution in [3.63, 3.8) is 0 Å². The summed E-state index contributed by atoms with van der Waals surface area (Å²) in [5.41, 5.74) is 1.97. The average Bonchev–Trinajstić information content (AvgIpc) is 2.73. The van der Waals surface area contributed by atoms with Gasteiger partial charge in [-0.3, -0.25) is 0 Å². The van der Waals surface area contributed by atoms with E-state index in [4.69, 9.17) is 11.6 Å². The van der Waals surface area contributed by atoms with Crippen molar-refractivity contribution in [2.45, 2.75) is 0 Å². The summed E-state index contributed by atoms with van der Waals surface area (Å²) in [6.07, 6.45) is 0. The van der Waals surface area contributed by atoms with Crippen LogP contribution in [0.3, 0.4) is 0 Å². The lowest BCUT2D eigenvalue weighted by molar-refractivity contribution is 0.476. The second-order valence-corrected chi connectivity index (χ2v) is 4.96. The van der Waals surface area contributed by atoms with Gasteiger partial charge in [0.25, 0.3) is 0 Å². The summed E-state index contributed by atoms with van der Waals surface area (Å²) >= 11 is 7.25. The molecule has 0 amide bonds. The molecule has 0 spiro atoms. The number of rotatable bonds is 1. The minimum Gasteiger partial charge on any atom is -0.508 e. The monoisotopic (exact) mass is 261 g/mol. The largest absolute Gasteiger partial charge is 0.508 e. The lowest BCUT2D eigenvalue weighted by Crippen LogP contribution is -1.77. The zero-order chi connectivity index (χ0) is 11.8. The summed E-state index contributed by atoms with van der Waals surface area (Å²) in [5, 5.41) is 11.2. The summed E-state index contributed by atoms with van der Waals surface area (Å²) < 4.78 is 5.41. The maximum atomic E-state index is 9.41. The molecule has 0 aliphatic heterocycles. The number of aromatic hydroxyl groups is 1. The van der Waals surface area contributed by atoms with Crippen molar-refractivity contribution in [3.8, 4) is 17.0 Å². The molecule has 0 unspecified atom stereocenters. The summed E-state index contributed by atoms with van der Waals surface area (Å²) in [7, 11) is 0. The molecule has 4 heteroatoms. The highest BCUT2D eigenvalue weighted by atomic mass is 35.5. The summed E-state index contributed by atoms with van der Waals surface area (Å²) in [6, 6.07) is 12.9. The highest BCUT2D eigenvalue weighted by molar-refractivity contribution is 7.13. The van der Waals surface area contributed by atoms with E-state index in [1.165, 1.54) is 11.5 Å². The molecule has 0 fully saturated rings. The predicted molar refractivity (Wildman–Crippen MR) is 71.7 cm³/mol. The molecular formula is C13H8ClNOS. The van der Waals surface area contributed by atoms with E-state index in [2.05, 4.69) is 4.37 Å². The zero-order valence-electron chi connectivity index (χ0n) is 8.72. The molecule has 2 aromatic carbocycles. The third kappa shape index (κ3) is 1.88. The van der Waals surface area contributed by atoms with Crippen LogP contribution >= 0.6 is 23.1 Å². The summed E-state index contributed by atoms with van der Waals surface area (Å²) in [5.74, 6) is 0.267. The Kier molecular flexibility index (Phi) is 2.50. The maximum absolute atomic E-state index is 9.41. The third-order valence-corrected chi connectivity index (χ3v) is 3.63. The van der Waals surface area contributed by atoms with Crippen LogP contribution in [0, 0.1) is 0 Å². The smallest absolute Gasteiger partial charge is 0.117 e. The Morgan fingerprint density at radius 2 is 1.82 bits per heavy atom. The third-order valence-electron chi connectivity index (χ3n) is 2.57. The predicted octanol–water partition coefficient (Wildman–Crippen LogP) is 4.32. The van der Waals surface area contributed by atoms with Gasteiger partial charge in [-0.25, -0.2) is 0 Å². The summed E-state index contributed by atoms with van der Waals surface area (Å²) in [4.78, 5) is 0. The van der Waals surface area contributed by atoms with Gasteiger partial charge in [-0.15, -0.1) is 0 Å². The zero-order valence-corrected chi connectivity index (χ0v) is 10.3. The van der Waals surface area contributed by atoms with E-state index in [-0.39, 0.29) is 5.75 Å². The Morgan fingerprint density at radius 3 is 2.59 bits per heavy atom. The molecular weight excluding hydrogens is 254 g/mol. The van der Waals surface area contributed by atoms with E-state index in [0.29, 0.717) is 5.02 Å². The Hall–Kier alpha value is -1.58. The standard InChI is InChI=1S/C13H8ClNOS/c14-9-3-1-8(2-4-9)13-11-6-5-10(16)7-12(11)17-15-13/h1-7,16H. The molecule has 2 nitrogen and oxygen atoms in total. The van der Waals surface area contributed by atoms with Gasteiger partial charge in [-0.05, 0) is 41.9 Å². The number of aromatic nitrogens is 1. The van der Waals surface area contributed by atoms with Gasteiger partial charge < -0.3 is 5.11 Å². The Balaban J connectivity index is 2.21. The first-order valence-corrected chi connectivity index (χ1v) is 6.23. The Morgan fingerprint density at radius 1 is 1.06 bits per heavy atom. The molecule has 0 aliphatic rings. The molecule has 0 saturated heterocycles. The van der Waals surface area contributed by atoms with Gasteiger partial charge >= 0.3 is 0 Å². The Labute approximate surface area is 107 Å². The fraction of sp³-hybridized carbons (Fsp3) is 0. The quantitative estimate of drug-likeness (QED) is 0.708. The number of hydrogen-bond acceptors (Lipinski definition) is 3. The van der Waals surface area contributed by atoms with E-state index < -0.39 is 0 Å². The lowest BCUT2D eigenvalue weighted by atomic mass is 10.1. The van der Waals surface area contributed by atoms with Gasteiger partial charge in [-0.2, -0.15) is 4.37 Å². The first-order valence-electron chi connectivity index (χ1n) is 5.08. The molecule has 0 aliphatic carbocycles. The first-order chi connectivity index (χ1) is 8.24. The molecule has 17 heavy (non-hydrogen) atoms. The normalized spacial score (nSPS) is 10.9. The van der Waals surface area contributed by atoms with Gasteiger partial charge in [0, 0.05) is 16.0 Å². The van der Waals surface area contributed by atoms with Crippen molar-refractivity contribution in [1.29, 1.82) is 0 Å². The van der Waals surface area contributed by atoms with E-state index in [1.807, 2.05) is 30.3 Å². The fourth-order valence-corrected chi connectivity index (χ4v) is 2.70. The van der Waals surface area contributed by atoms with Crippen LogP contribution in [0.5, 0.6) is 5.75 Å². The van der Waals surface area contributed by atoms with Crippen LogP contribution < -0.4 is 0 Å². The number of phenolic OH excluding ortho intramolecular Hbond substituents is 1. The highest BCUT2D eigenvalue weighted by Crippen LogP contribution is 2.33. The molecule has 84 valence electrons. The molecule has 0 atom stereocenters. The molecule has 3 rings (SSSR count). The van der Waals surface area contributed by atoms with Crippen LogP contribution in [-0.4, -0.2) is 9.48 Å². The van der Waals surface area contributed by atoms with E-state index in [1.54, 1.807) is 12.1 Å². The van der Waals surface area contributed by atoms with E-state index >= 15 is 0 Å². The number of nitrogens with zero attached hydrogens (tertiary/aromatic N) is 1. The van der Waals surface area contributed by atoms with Crippen molar-refractivity contribution in [2.24, 2.45) is 0 Å². The van der Waals surface area contributed by atoms with Crippen LogP contribution in [0.15, 0.2) is 42.5 Å². The van der Waals surface area contributed by atoms with Gasteiger partial charge in [0.2, 0.25) is 0 Å². The fourth-order valence-electron chi connectivity index (χ4n) is 1.74. The van der Waals surface area contributed by atoms with Crippen LogP contribution in [0.25, 0.3) is 21.3 Å². The molecule has 3 aromatic rings. The van der Waals surface area contributed by atoms with Crippen LogP contribution in [0.2, 0.25) is 5.02 Å². The lowest BCUT2D eigenvalue weighted by Gasteiger charge is -1.98. The molecule has 1 aromatic heterocycles. The van der Waals surface area contributed by atoms with Crippen LogP contribution in [0.4, 0.5) is 0 Å². The molecule has 1 N–H and O–H groups in total. The average molecular weight is 262 g/mol. The minimum atomic E-state index is 0.267.